The summed E-state index contributed by atoms with van der Waals surface area (Å²) in [5.41, 5.74) is -0.128. The van der Waals surface area contributed by atoms with Gasteiger partial charge < -0.3 is 15.5 Å². The van der Waals surface area contributed by atoms with Crippen LogP contribution in [0.3, 0.4) is 0 Å². The summed E-state index contributed by atoms with van der Waals surface area (Å²) in [6, 6.07) is 4.20. The van der Waals surface area contributed by atoms with Gasteiger partial charge in [0, 0.05) is 17.2 Å². The molecule has 0 fully saturated rings. The lowest BCUT2D eigenvalue weighted by molar-refractivity contribution is -0.139. The largest absolute Gasteiger partial charge is 0.417 e. The lowest BCUT2D eigenvalue weighted by atomic mass is 10.1. The fourth-order valence-electron chi connectivity index (χ4n) is 1.68. The number of alkyl halides is 3. The van der Waals surface area contributed by atoms with Crippen molar-refractivity contribution < 1.29 is 23.4 Å². The van der Waals surface area contributed by atoms with Crippen LogP contribution >= 0.6 is 11.8 Å². The lowest BCUT2D eigenvalue weighted by Crippen LogP contribution is -2.16. The van der Waals surface area contributed by atoms with Gasteiger partial charge in [-0.2, -0.15) is 13.2 Å². The monoisotopic (exact) mass is 323 g/mol. The van der Waals surface area contributed by atoms with Gasteiger partial charge in [0.15, 0.2) is 0 Å². The van der Waals surface area contributed by atoms with Crippen molar-refractivity contribution in [1.82, 2.24) is 5.32 Å². The summed E-state index contributed by atoms with van der Waals surface area (Å²) in [7, 11) is 0. The van der Waals surface area contributed by atoms with E-state index in [2.05, 4.69) is 5.32 Å². The molecule has 0 aromatic heterocycles. The lowest BCUT2D eigenvalue weighted by Gasteiger charge is -2.15. The third-order valence-corrected chi connectivity index (χ3v) is 3.97. The van der Waals surface area contributed by atoms with Crippen molar-refractivity contribution in [3.63, 3.8) is 0 Å². The predicted octanol–water partition coefficient (Wildman–Crippen LogP) is 2.65. The van der Waals surface area contributed by atoms with Crippen molar-refractivity contribution in [3.05, 3.63) is 29.3 Å². The van der Waals surface area contributed by atoms with E-state index in [1.165, 1.54) is 6.07 Å². The normalized spacial score (nSPS) is 13.4. The highest BCUT2D eigenvalue weighted by Gasteiger charge is 2.33. The number of aliphatic hydroxyl groups excluding tert-OH is 2. The van der Waals surface area contributed by atoms with Gasteiger partial charge in [0.25, 0.3) is 0 Å². The van der Waals surface area contributed by atoms with Gasteiger partial charge in [-0.05, 0) is 30.7 Å². The number of thioether (sulfide) groups is 1. The average Bonchev–Trinajstić information content (AvgIpc) is 2.44. The minimum atomic E-state index is -4.44. The van der Waals surface area contributed by atoms with Crippen LogP contribution in [0.1, 0.15) is 24.5 Å². The minimum Gasteiger partial charge on any atom is -0.394 e. The highest BCUT2D eigenvalue weighted by molar-refractivity contribution is 7.99. The summed E-state index contributed by atoms with van der Waals surface area (Å²) in [6.07, 6.45) is -4.55. The molecule has 0 saturated heterocycles. The maximum absolute atomic E-state index is 13.1. The molecule has 0 aliphatic rings. The van der Waals surface area contributed by atoms with E-state index >= 15 is 0 Å². The van der Waals surface area contributed by atoms with Gasteiger partial charge in [0.1, 0.15) is 0 Å². The van der Waals surface area contributed by atoms with Crippen LogP contribution in [-0.4, -0.2) is 35.2 Å². The van der Waals surface area contributed by atoms with E-state index in [1.807, 2.05) is 6.92 Å². The van der Waals surface area contributed by atoms with E-state index in [1.54, 1.807) is 6.07 Å². The number of hydrogen-bond donors (Lipinski definition) is 3. The summed E-state index contributed by atoms with van der Waals surface area (Å²) < 4.78 is 39.2. The first kappa shape index (κ1) is 18.3. The topological polar surface area (TPSA) is 52.5 Å². The Morgan fingerprint density at radius 1 is 1.33 bits per heavy atom. The molecule has 0 spiro atoms. The van der Waals surface area contributed by atoms with Gasteiger partial charge in [0.05, 0.1) is 18.3 Å². The zero-order valence-electron chi connectivity index (χ0n) is 11.8. The van der Waals surface area contributed by atoms with Gasteiger partial charge in [-0.1, -0.05) is 13.0 Å². The van der Waals surface area contributed by atoms with E-state index in [-0.39, 0.29) is 10.6 Å². The second-order valence-electron chi connectivity index (χ2n) is 4.65. The second kappa shape index (κ2) is 8.63. The fraction of sp³-hybridized carbons (Fsp3) is 0.571. The quantitative estimate of drug-likeness (QED) is 0.508. The number of aliphatic hydroxyl groups is 2. The molecule has 0 amide bonds. The average molecular weight is 323 g/mol. The number of benzene rings is 1. The zero-order valence-corrected chi connectivity index (χ0v) is 12.6. The van der Waals surface area contributed by atoms with Gasteiger partial charge in [-0.25, -0.2) is 0 Å². The SMILES string of the molecule is CCCNCc1ccc(SCC(O)CO)c(C(F)(F)F)c1. The molecule has 0 radical (unpaired) electrons. The smallest absolute Gasteiger partial charge is 0.394 e. The number of halogens is 3. The molecule has 3 N–H and O–H groups in total. The van der Waals surface area contributed by atoms with Crippen molar-refractivity contribution in [3.8, 4) is 0 Å². The van der Waals surface area contributed by atoms with Crippen LogP contribution in [0.5, 0.6) is 0 Å². The third-order valence-electron chi connectivity index (χ3n) is 2.75. The van der Waals surface area contributed by atoms with Gasteiger partial charge >= 0.3 is 6.18 Å². The van der Waals surface area contributed by atoms with Crippen LogP contribution < -0.4 is 5.32 Å². The highest BCUT2D eigenvalue weighted by Crippen LogP contribution is 2.37. The van der Waals surface area contributed by atoms with E-state index in [0.29, 0.717) is 12.1 Å². The summed E-state index contributed by atoms with van der Waals surface area (Å²) in [6.45, 7) is 2.66. The molecule has 1 unspecified atom stereocenters. The molecule has 0 aliphatic carbocycles. The summed E-state index contributed by atoms with van der Waals surface area (Å²) >= 11 is 0.893. The van der Waals surface area contributed by atoms with Gasteiger partial charge in [-0.3, -0.25) is 0 Å². The number of nitrogens with one attached hydrogen (secondary N) is 1. The van der Waals surface area contributed by atoms with Gasteiger partial charge in [0.2, 0.25) is 0 Å². The molecular weight excluding hydrogens is 303 g/mol. The van der Waals surface area contributed by atoms with Crippen LogP contribution in [0, 0.1) is 0 Å². The van der Waals surface area contributed by atoms with Crippen molar-refractivity contribution in [2.24, 2.45) is 0 Å². The Morgan fingerprint density at radius 3 is 2.62 bits per heavy atom. The maximum atomic E-state index is 13.1. The first-order valence-electron chi connectivity index (χ1n) is 6.71. The maximum Gasteiger partial charge on any atom is 0.417 e. The molecule has 21 heavy (non-hydrogen) atoms. The Morgan fingerprint density at radius 2 is 2.05 bits per heavy atom. The number of rotatable bonds is 8. The zero-order chi connectivity index (χ0) is 15.9. The van der Waals surface area contributed by atoms with Crippen LogP contribution in [-0.2, 0) is 12.7 Å². The molecule has 0 aliphatic heterocycles. The van der Waals surface area contributed by atoms with Crippen LogP contribution in [0.15, 0.2) is 23.1 Å². The molecular formula is C14H20F3NO2S. The number of hydrogen-bond acceptors (Lipinski definition) is 4. The Bertz CT molecular complexity index is 441. The van der Waals surface area contributed by atoms with E-state index in [9.17, 15) is 18.3 Å². The summed E-state index contributed by atoms with van der Waals surface area (Å²) in [4.78, 5) is 0.0641. The van der Waals surface area contributed by atoms with E-state index in [0.717, 1.165) is 30.8 Å². The minimum absolute atomic E-state index is 0.0208. The predicted molar refractivity (Wildman–Crippen MR) is 77.3 cm³/mol. The molecule has 1 aromatic carbocycles. The Kier molecular flexibility index (Phi) is 7.51. The summed E-state index contributed by atoms with van der Waals surface area (Å²) in [5, 5.41) is 21.0. The molecule has 1 aromatic rings. The van der Waals surface area contributed by atoms with Crippen molar-refractivity contribution >= 4 is 11.8 Å². The van der Waals surface area contributed by atoms with Crippen molar-refractivity contribution in [2.45, 2.75) is 37.1 Å². The van der Waals surface area contributed by atoms with E-state index < -0.39 is 24.5 Å². The van der Waals surface area contributed by atoms with Crippen LogP contribution in [0.25, 0.3) is 0 Å². The Balaban J connectivity index is 2.87. The van der Waals surface area contributed by atoms with Crippen molar-refractivity contribution in [2.75, 3.05) is 18.9 Å². The first-order chi connectivity index (χ1) is 9.88. The summed E-state index contributed by atoms with van der Waals surface area (Å²) in [5.74, 6) is 0.0208. The Labute approximate surface area is 126 Å². The highest BCUT2D eigenvalue weighted by atomic mass is 32.2. The molecule has 0 bridgehead atoms. The van der Waals surface area contributed by atoms with Gasteiger partial charge in [-0.15, -0.1) is 11.8 Å². The molecule has 3 nitrogen and oxygen atoms in total. The molecule has 1 atom stereocenters. The molecule has 0 saturated carbocycles. The molecule has 120 valence electrons. The molecule has 1 rings (SSSR count). The second-order valence-corrected chi connectivity index (χ2v) is 5.71. The molecule has 7 heteroatoms. The van der Waals surface area contributed by atoms with E-state index in [4.69, 9.17) is 5.11 Å². The third kappa shape index (κ3) is 6.25. The van der Waals surface area contributed by atoms with Crippen LogP contribution in [0.4, 0.5) is 13.2 Å². The molecule has 0 heterocycles. The standard InChI is InChI=1S/C14H20F3NO2S/c1-2-5-18-7-10-3-4-13(21-9-11(20)8-19)12(6-10)14(15,16)17/h3-4,6,11,18-20H,2,5,7-9H2,1H3. The Hall–Kier alpha value is -0.760. The fourth-order valence-corrected chi connectivity index (χ4v) is 2.65. The van der Waals surface area contributed by atoms with Crippen LogP contribution in [0.2, 0.25) is 0 Å². The van der Waals surface area contributed by atoms with Crippen molar-refractivity contribution in [1.29, 1.82) is 0 Å². The first-order valence-corrected chi connectivity index (χ1v) is 7.69.